The summed E-state index contributed by atoms with van der Waals surface area (Å²) in [5.41, 5.74) is -1.52. The zero-order chi connectivity index (χ0) is 16.2. The highest BCUT2D eigenvalue weighted by Gasteiger charge is 2.41. The second-order valence-corrected chi connectivity index (χ2v) is 5.34. The predicted octanol–water partition coefficient (Wildman–Crippen LogP) is 2.45. The van der Waals surface area contributed by atoms with E-state index >= 15 is 0 Å². The first-order chi connectivity index (χ1) is 10.4. The number of ether oxygens (including phenoxy) is 3. The molecule has 1 N–H and O–H groups in total. The van der Waals surface area contributed by atoms with Crippen molar-refractivity contribution in [1.82, 2.24) is 0 Å². The van der Waals surface area contributed by atoms with Gasteiger partial charge in [0.05, 0.1) is 6.61 Å². The van der Waals surface area contributed by atoms with Gasteiger partial charge >= 0.3 is 11.9 Å². The first-order valence-electron chi connectivity index (χ1n) is 7.24. The molecule has 1 aromatic rings. The number of carboxylic acid groups (broad SMARTS) is 1. The van der Waals surface area contributed by atoms with E-state index in [0.29, 0.717) is 12.4 Å². The van der Waals surface area contributed by atoms with Crippen LogP contribution in [0.25, 0.3) is 0 Å². The van der Waals surface area contributed by atoms with Crippen LogP contribution in [0.15, 0.2) is 24.3 Å². The fourth-order valence-electron chi connectivity index (χ4n) is 2.41. The van der Waals surface area contributed by atoms with Crippen LogP contribution < -0.4 is 4.74 Å². The van der Waals surface area contributed by atoms with Gasteiger partial charge in [-0.1, -0.05) is 18.2 Å². The highest BCUT2D eigenvalue weighted by atomic mass is 16.7. The molecule has 1 aliphatic rings. The molecule has 6 nitrogen and oxygen atoms in total. The summed E-state index contributed by atoms with van der Waals surface area (Å²) >= 11 is 0. The number of hydrogen-bond acceptors (Lipinski definition) is 5. The van der Waals surface area contributed by atoms with Crippen LogP contribution in [0.4, 0.5) is 0 Å². The van der Waals surface area contributed by atoms with Crippen molar-refractivity contribution in [2.75, 3.05) is 6.61 Å². The molecule has 1 heterocycles. The van der Waals surface area contributed by atoms with Gasteiger partial charge in [0, 0.05) is 18.9 Å². The largest absolute Gasteiger partial charge is 0.478 e. The van der Waals surface area contributed by atoms with Crippen LogP contribution in [-0.4, -0.2) is 29.9 Å². The minimum Gasteiger partial charge on any atom is -0.478 e. The molecule has 0 amide bonds. The lowest BCUT2D eigenvalue weighted by Crippen LogP contribution is -2.38. The highest BCUT2D eigenvalue weighted by molar-refractivity contribution is 5.83. The minimum absolute atomic E-state index is 0.284. The second-order valence-electron chi connectivity index (χ2n) is 5.34. The maximum atomic E-state index is 11.6. The molecule has 6 heteroatoms. The molecule has 0 unspecified atom stereocenters. The Hall–Kier alpha value is -2.08. The molecule has 1 aliphatic heterocycles. The lowest BCUT2D eigenvalue weighted by atomic mass is 9.94. The number of benzene rings is 1. The van der Waals surface area contributed by atoms with Gasteiger partial charge in [-0.15, -0.1) is 0 Å². The van der Waals surface area contributed by atoms with Crippen LogP contribution in [0.1, 0.15) is 38.7 Å². The van der Waals surface area contributed by atoms with Crippen molar-refractivity contribution in [2.45, 2.75) is 45.0 Å². The first-order valence-corrected chi connectivity index (χ1v) is 7.24. The summed E-state index contributed by atoms with van der Waals surface area (Å²) in [5.74, 6) is -1.59. The number of carbonyl (C=O) groups is 2. The zero-order valence-corrected chi connectivity index (χ0v) is 12.7. The Kier molecular flexibility index (Phi) is 5.03. The molecular formula is C16H20O6. The smallest absolute Gasteiger partial charge is 0.352 e. The Morgan fingerprint density at radius 3 is 2.64 bits per heavy atom. The van der Waals surface area contributed by atoms with Crippen LogP contribution in [0.5, 0.6) is 5.75 Å². The molecule has 1 saturated heterocycles. The molecule has 1 fully saturated rings. The lowest BCUT2D eigenvalue weighted by molar-refractivity contribution is -0.177. The molecule has 0 saturated carbocycles. The van der Waals surface area contributed by atoms with E-state index in [0.717, 1.165) is 19.3 Å². The second kappa shape index (κ2) is 6.79. The molecule has 22 heavy (non-hydrogen) atoms. The molecule has 0 radical (unpaired) electrons. The van der Waals surface area contributed by atoms with E-state index in [2.05, 4.69) is 0 Å². The van der Waals surface area contributed by atoms with E-state index in [-0.39, 0.29) is 5.56 Å². The van der Waals surface area contributed by atoms with E-state index in [1.165, 1.54) is 13.8 Å². The summed E-state index contributed by atoms with van der Waals surface area (Å²) < 4.78 is 16.4. The van der Waals surface area contributed by atoms with Gasteiger partial charge in [0.15, 0.2) is 6.29 Å². The summed E-state index contributed by atoms with van der Waals surface area (Å²) in [5, 5.41) is 9.50. The van der Waals surface area contributed by atoms with Gasteiger partial charge in [0.2, 0.25) is 5.60 Å². The van der Waals surface area contributed by atoms with Crippen molar-refractivity contribution in [2.24, 2.45) is 0 Å². The molecule has 0 aliphatic carbocycles. The molecular weight excluding hydrogens is 288 g/mol. The molecule has 1 aromatic carbocycles. The quantitative estimate of drug-likeness (QED) is 0.841. The Balaban J connectivity index is 2.32. The van der Waals surface area contributed by atoms with E-state index in [1.807, 2.05) is 0 Å². The van der Waals surface area contributed by atoms with Crippen LogP contribution in [0.2, 0.25) is 0 Å². The Labute approximate surface area is 129 Å². The summed E-state index contributed by atoms with van der Waals surface area (Å²) in [7, 11) is 0. The van der Waals surface area contributed by atoms with Crippen molar-refractivity contribution in [3.63, 3.8) is 0 Å². The van der Waals surface area contributed by atoms with Gasteiger partial charge < -0.3 is 19.3 Å². The number of aliphatic carboxylic acids is 1. The number of rotatable bonds is 5. The predicted molar refractivity (Wildman–Crippen MR) is 77.4 cm³/mol. The van der Waals surface area contributed by atoms with E-state index < -0.39 is 23.8 Å². The van der Waals surface area contributed by atoms with Gasteiger partial charge in [-0.05, 0) is 25.8 Å². The standard InChI is InChI=1S/C16H20O6/c1-11(17)22-16(2,15(18)19)12-7-3-4-8-13(12)21-14-9-5-6-10-20-14/h3-4,7-8,14H,5-6,9-10H2,1-2H3,(H,18,19)/t14-,16-/m0/s1. The van der Waals surface area contributed by atoms with Gasteiger partial charge in [-0.2, -0.15) is 0 Å². The summed E-state index contributed by atoms with van der Waals surface area (Å²) in [6.45, 7) is 3.13. The van der Waals surface area contributed by atoms with Gasteiger partial charge in [-0.3, -0.25) is 4.79 Å². The van der Waals surface area contributed by atoms with E-state index in [1.54, 1.807) is 24.3 Å². The summed E-state index contributed by atoms with van der Waals surface area (Å²) in [4.78, 5) is 22.9. The number of para-hydroxylation sites is 1. The maximum absolute atomic E-state index is 11.6. The monoisotopic (exact) mass is 308 g/mol. The van der Waals surface area contributed by atoms with Crippen molar-refractivity contribution in [3.05, 3.63) is 29.8 Å². The SMILES string of the molecule is CC(=O)O[C@](C)(C(=O)O)c1ccccc1O[C@H]1CCCCO1. The third kappa shape index (κ3) is 3.57. The Bertz CT molecular complexity index is 549. The third-order valence-electron chi connectivity index (χ3n) is 3.55. The molecule has 120 valence electrons. The average molecular weight is 308 g/mol. The molecule has 0 bridgehead atoms. The van der Waals surface area contributed by atoms with E-state index in [9.17, 15) is 14.7 Å². The molecule has 2 atom stereocenters. The van der Waals surface area contributed by atoms with Gasteiger partial charge in [0.1, 0.15) is 5.75 Å². The molecule has 2 rings (SSSR count). The Morgan fingerprint density at radius 2 is 2.05 bits per heavy atom. The van der Waals surface area contributed by atoms with Crippen LogP contribution >= 0.6 is 0 Å². The fourth-order valence-corrected chi connectivity index (χ4v) is 2.41. The van der Waals surface area contributed by atoms with Crippen molar-refractivity contribution in [1.29, 1.82) is 0 Å². The molecule has 0 spiro atoms. The number of carboxylic acids is 1. The zero-order valence-electron chi connectivity index (χ0n) is 12.7. The number of hydrogen-bond donors (Lipinski definition) is 1. The summed E-state index contributed by atoms with van der Waals surface area (Å²) in [6.07, 6.45) is 2.31. The van der Waals surface area contributed by atoms with Crippen LogP contribution in [-0.2, 0) is 24.7 Å². The van der Waals surface area contributed by atoms with Crippen molar-refractivity contribution in [3.8, 4) is 5.75 Å². The maximum Gasteiger partial charge on any atom is 0.352 e. The van der Waals surface area contributed by atoms with Crippen molar-refractivity contribution >= 4 is 11.9 Å². The topological polar surface area (TPSA) is 82.1 Å². The van der Waals surface area contributed by atoms with Gasteiger partial charge in [-0.25, -0.2) is 4.79 Å². The third-order valence-corrected chi connectivity index (χ3v) is 3.55. The van der Waals surface area contributed by atoms with Crippen molar-refractivity contribution < 1.29 is 28.9 Å². The van der Waals surface area contributed by atoms with Gasteiger partial charge in [0.25, 0.3) is 0 Å². The number of esters is 1. The number of carbonyl (C=O) groups excluding carboxylic acids is 1. The van der Waals surface area contributed by atoms with Crippen LogP contribution in [0.3, 0.4) is 0 Å². The fraction of sp³-hybridized carbons (Fsp3) is 0.500. The molecule has 0 aromatic heterocycles. The van der Waals surface area contributed by atoms with E-state index in [4.69, 9.17) is 14.2 Å². The van der Waals surface area contributed by atoms with Crippen LogP contribution in [0, 0.1) is 0 Å². The minimum atomic E-state index is -1.81. The lowest BCUT2D eigenvalue weighted by Gasteiger charge is -2.29. The first kappa shape index (κ1) is 16.3. The summed E-state index contributed by atoms with van der Waals surface area (Å²) in [6, 6.07) is 6.64. The Morgan fingerprint density at radius 1 is 1.32 bits per heavy atom. The highest BCUT2D eigenvalue weighted by Crippen LogP contribution is 2.35. The normalized spacial score (nSPS) is 20.7. The average Bonchev–Trinajstić information content (AvgIpc) is 2.48.